The number of imidazole rings is 1. The van der Waals surface area contributed by atoms with Crippen LogP contribution in [0.2, 0.25) is 0 Å². The van der Waals surface area contributed by atoms with Crippen molar-refractivity contribution >= 4 is 32.8 Å². The van der Waals surface area contributed by atoms with Crippen LogP contribution in [0.25, 0.3) is 44.2 Å². The van der Waals surface area contributed by atoms with Crippen LogP contribution < -0.4 is 5.32 Å². The molecule has 1 aliphatic rings. The first kappa shape index (κ1) is 19.6. The number of aromatic nitrogens is 3. The van der Waals surface area contributed by atoms with Crippen LogP contribution in [-0.2, 0) is 13.1 Å². The van der Waals surface area contributed by atoms with Crippen LogP contribution in [0.1, 0.15) is 32.6 Å². The summed E-state index contributed by atoms with van der Waals surface area (Å²) in [5.41, 5.74) is 6.11. The molecule has 3 heterocycles. The molecular weight excluding hydrogens is 392 g/mol. The molecule has 2 aromatic heterocycles. The molecule has 1 N–H and O–H groups in total. The van der Waals surface area contributed by atoms with Crippen LogP contribution in [0.15, 0.2) is 66.7 Å². The number of para-hydroxylation sites is 3. The molecule has 1 unspecified atom stereocenters. The lowest BCUT2D eigenvalue weighted by Gasteiger charge is -2.24. The Morgan fingerprint density at radius 1 is 0.875 bits per heavy atom. The minimum Gasteiger partial charge on any atom is -0.341 e. The number of benzene rings is 3. The molecule has 1 aliphatic heterocycles. The molecule has 0 spiro atoms. The summed E-state index contributed by atoms with van der Waals surface area (Å²) >= 11 is 0. The third kappa shape index (κ3) is 3.21. The van der Waals surface area contributed by atoms with E-state index in [9.17, 15) is 0 Å². The Bertz CT molecular complexity index is 1400. The van der Waals surface area contributed by atoms with E-state index >= 15 is 0 Å². The van der Waals surface area contributed by atoms with Crippen LogP contribution in [0.3, 0.4) is 0 Å². The first-order valence-electron chi connectivity index (χ1n) is 12.0. The van der Waals surface area contributed by atoms with Gasteiger partial charge in [-0.25, -0.2) is 4.98 Å². The van der Waals surface area contributed by atoms with E-state index in [4.69, 9.17) is 4.98 Å². The highest BCUT2D eigenvalue weighted by atomic mass is 15.1. The molecule has 5 aromatic rings. The van der Waals surface area contributed by atoms with E-state index in [0.29, 0.717) is 6.04 Å². The zero-order chi connectivity index (χ0) is 21.5. The molecule has 1 fully saturated rings. The van der Waals surface area contributed by atoms with Gasteiger partial charge in [-0.2, -0.15) is 0 Å². The number of aryl methyl sites for hydroxylation is 2. The van der Waals surface area contributed by atoms with Crippen molar-refractivity contribution in [1.29, 1.82) is 0 Å². The molecule has 0 amide bonds. The van der Waals surface area contributed by atoms with Gasteiger partial charge in [0.05, 0.1) is 11.0 Å². The normalized spacial score (nSPS) is 17.0. The molecule has 0 radical (unpaired) electrons. The van der Waals surface area contributed by atoms with Gasteiger partial charge in [0.15, 0.2) is 0 Å². The molecule has 32 heavy (non-hydrogen) atoms. The molecule has 6 rings (SSSR count). The Labute approximate surface area is 188 Å². The van der Waals surface area contributed by atoms with E-state index in [1.807, 2.05) is 0 Å². The predicted molar refractivity (Wildman–Crippen MR) is 134 cm³/mol. The summed E-state index contributed by atoms with van der Waals surface area (Å²) in [7, 11) is 0. The molecule has 1 atom stereocenters. The lowest BCUT2D eigenvalue weighted by atomic mass is 10.0. The SMILES string of the molecule is CCn1c2ccccc2c2cc(-c3nc4ccccc4n3CCC3CCCCN3)ccc21. The summed E-state index contributed by atoms with van der Waals surface area (Å²) in [5, 5.41) is 6.34. The van der Waals surface area contributed by atoms with Gasteiger partial charge in [-0.15, -0.1) is 0 Å². The van der Waals surface area contributed by atoms with Gasteiger partial charge < -0.3 is 14.5 Å². The van der Waals surface area contributed by atoms with Crippen molar-refractivity contribution in [2.45, 2.75) is 51.7 Å². The molecule has 4 nitrogen and oxygen atoms in total. The maximum absolute atomic E-state index is 5.10. The smallest absolute Gasteiger partial charge is 0.141 e. The van der Waals surface area contributed by atoms with E-state index < -0.39 is 0 Å². The van der Waals surface area contributed by atoms with E-state index in [1.54, 1.807) is 0 Å². The van der Waals surface area contributed by atoms with Crippen molar-refractivity contribution < 1.29 is 0 Å². The highest BCUT2D eigenvalue weighted by molar-refractivity contribution is 6.09. The van der Waals surface area contributed by atoms with Crippen LogP contribution in [-0.4, -0.2) is 26.7 Å². The molecule has 162 valence electrons. The minimum absolute atomic E-state index is 0.614. The number of piperidine rings is 1. The van der Waals surface area contributed by atoms with Gasteiger partial charge in [-0.05, 0) is 69.1 Å². The van der Waals surface area contributed by atoms with Crippen LogP contribution in [0.4, 0.5) is 0 Å². The summed E-state index contributed by atoms with van der Waals surface area (Å²) in [5.74, 6) is 1.08. The van der Waals surface area contributed by atoms with Crippen molar-refractivity contribution in [2.24, 2.45) is 0 Å². The van der Waals surface area contributed by atoms with Gasteiger partial charge in [0.25, 0.3) is 0 Å². The van der Waals surface area contributed by atoms with Gasteiger partial charge in [0.2, 0.25) is 0 Å². The van der Waals surface area contributed by atoms with Crippen LogP contribution in [0, 0.1) is 0 Å². The second-order valence-electron chi connectivity index (χ2n) is 9.00. The Morgan fingerprint density at radius 2 is 1.69 bits per heavy atom. The van der Waals surface area contributed by atoms with Crippen molar-refractivity contribution in [3.63, 3.8) is 0 Å². The standard InChI is InChI=1S/C28H30N4/c1-2-31-25-12-5-3-10-22(25)23-19-20(14-15-26(23)31)28-30-24-11-4-6-13-27(24)32(28)18-16-21-9-7-8-17-29-21/h3-6,10-15,19,21,29H,2,7-9,16-18H2,1H3. The monoisotopic (exact) mass is 422 g/mol. The van der Waals surface area contributed by atoms with E-state index in [2.05, 4.69) is 88.1 Å². The summed E-state index contributed by atoms with van der Waals surface area (Å²) in [6.45, 7) is 5.33. The first-order chi connectivity index (χ1) is 15.8. The third-order valence-corrected chi connectivity index (χ3v) is 7.11. The van der Waals surface area contributed by atoms with Crippen molar-refractivity contribution in [2.75, 3.05) is 6.54 Å². The Morgan fingerprint density at radius 3 is 2.53 bits per heavy atom. The fourth-order valence-corrected chi connectivity index (χ4v) is 5.51. The topological polar surface area (TPSA) is 34.8 Å². The highest BCUT2D eigenvalue weighted by Gasteiger charge is 2.18. The lowest BCUT2D eigenvalue weighted by molar-refractivity contribution is 0.368. The number of hydrogen-bond donors (Lipinski definition) is 1. The first-order valence-corrected chi connectivity index (χ1v) is 12.0. The Kier molecular flexibility index (Phi) is 4.95. The summed E-state index contributed by atoms with van der Waals surface area (Å²) in [6.07, 6.45) is 5.07. The average Bonchev–Trinajstić information content (AvgIpc) is 3.38. The van der Waals surface area contributed by atoms with Crippen molar-refractivity contribution in [1.82, 2.24) is 19.4 Å². The lowest BCUT2D eigenvalue weighted by Crippen LogP contribution is -2.34. The molecule has 0 aliphatic carbocycles. The van der Waals surface area contributed by atoms with Crippen molar-refractivity contribution in [3.05, 3.63) is 66.7 Å². The van der Waals surface area contributed by atoms with Gasteiger partial charge >= 0.3 is 0 Å². The maximum Gasteiger partial charge on any atom is 0.141 e. The Hall–Kier alpha value is -3.11. The molecule has 4 heteroatoms. The molecule has 1 saturated heterocycles. The Balaban J connectivity index is 1.48. The fraction of sp³-hybridized carbons (Fsp3) is 0.321. The highest BCUT2D eigenvalue weighted by Crippen LogP contribution is 2.33. The van der Waals surface area contributed by atoms with Gasteiger partial charge in [0.1, 0.15) is 5.82 Å². The zero-order valence-electron chi connectivity index (χ0n) is 18.7. The summed E-state index contributed by atoms with van der Waals surface area (Å²) in [6, 6.07) is 24.8. The van der Waals surface area contributed by atoms with Crippen LogP contribution >= 0.6 is 0 Å². The van der Waals surface area contributed by atoms with Gasteiger partial charge in [-0.3, -0.25) is 0 Å². The number of nitrogens with zero attached hydrogens (tertiary/aromatic N) is 3. The summed E-state index contributed by atoms with van der Waals surface area (Å²) < 4.78 is 4.85. The van der Waals surface area contributed by atoms with Gasteiger partial charge in [0, 0.05) is 46.5 Å². The second kappa shape index (κ2) is 8.10. The van der Waals surface area contributed by atoms with Crippen LogP contribution in [0.5, 0.6) is 0 Å². The minimum atomic E-state index is 0.614. The molecular formula is C28H30N4. The van der Waals surface area contributed by atoms with Crippen molar-refractivity contribution in [3.8, 4) is 11.4 Å². The van der Waals surface area contributed by atoms with E-state index in [-0.39, 0.29) is 0 Å². The van der Waals surface area contributed by atoms with Gasteiger partial charge in [-0.1, -0.05) is 36.8 Å². The average molecular weight is 423 g/mol. The number of nitrogens with one attached hydrogen (secondary N) is 1. The van der Waals surface area contributed by atoms with E-state index in [1.165, 1.54) is 52.1 Å². The predicted octanol–water partition coefficient (Wildman–Crippen LogP) is 6.36. The molecule has 0 saturated carbocycles. The third-order valence-electron chi connectivity index (χ3n) is 7.11. The number of hydrogen-bond acceptors (Lipinski definition) is 2. The largest absolute Gasteiger partial charge is 0.341 e. The summed E-state index contributed by atoms with van der Waals surface area (Å²) in [4.78, 5) is 5.10. The zero-order valence-corrected chi connectivity index (χ0v) is 18.7. The fourth-order valence-electron chi connectivity index (χ4n) is 5.51. The van der Waals surface area contributed by atoms with E-state index in [0.717, 1.165) is 37.4 Å². The number of fused-ring (bicyclic) bond motifs is 4. The molecule has 0 bridgehead atoms. The maximum atomic E-state index is 5.10. The number of rotatable bonds is 5. The quantitative estimate of drug-likeness (QED) is 0.357. The second-order valence-corrected chi connectivity index (χ2v) is 9.00. The molecule has 3 aromatic carbocycles.